The Morgan fingerprint density at radius 3 is 2.76 bits per heavy atom. The van der Waals surface area contributed by atoms with Crippen LogP contribution in [-0.4, -0.2) is 9.97 Å². The number of nitrogens with one attached hydrogen (secondary N) is 1. The number of rotatable bonds is 1. The largest absolute Gasteiger partial charge is 0.342 e. The molecule has 1 aliphatic heterocycles. The van der Waals surface area contributed by atoms with Gasteiger partial charge in [-0.2, -0.15) is 11.8 Å². The number of aryl methyl sites for hydroxylation is 1. The Kier molecular flexibility index (Phi) is 2.76. The molecule has 0 atom stereocenters. The van der Waals surface area contributed by atoms with Crippen LogP contribution in [0.2, 0.25) is 0 Å². The summed E-state index contributed by atoms with van der Waals surface area (Å²) in [6.45, 7) is 2.08. The van der Waals surface area contributed by atoms with E-state index in [1.54, 1.807) is 0 Å². The lowest BCUT2D eigenvalue weighted by Gasteiger charge is -2.05. The summed E-state index contributed by atoms with van der Waals surface area (Å²) in [5.41, 5.74) is 4.80. The highest BCUT2D eigenvalue weighted by Gasteiger charge is 2.15. The van der Waals surface area contributed by atoms with Crippen LogP contribution in [0.5, 0.6) is 0 Å². The molecule has 0 spiro atoms. The average Bonchev–Trinajstić information content (AvgIpc) is 2.78. The number of hydrogen-bond acceptors (Lipinski definition) is 3. The molecule has 0 saturated heterocycles. The summed E-state index contributed by atoms with van der Waals surface area (Å²) in [6.07, 6.45) is 0. The molecule has 17 heavy (non-hydrogen) atoms. The van der Waals surface area contributed by atoms with Crippen molar-refractivity contribution < 1.29 is 0 Å². The van der Waals surface area contributed by atoms with Crippen LogP contribution >= 0.6 is 24.0 Å². The Labute approximate surface area is 109 Å². The fraction of sp³-hybridized carbons (Fsp3) is 0.231. The minimum absolute atomic E-state index is 0.749. The van der Waals surface area contributed by atoms with Gasteiger partial charge in [0.05, 0.1) is 0 Å². The summed E-state index contributed by atoms with van der Waals surface area (Å²) in [5.74, 6) is 2.89. The lowest BCUT2D eigenvalue weighted by atomic mass is 10.1. The molecule has 0 fully saturated rings. The highest BCUT2D eigenvalue weighted by molar-refractivity contribution is 7.98. The van der Waals surface area contributed by atoms with Gasteiger partial charge in [-0.15, -0.1) is 0 Å². The zero-order valence-electron chi connectivity index (χ0n) is 9.49. The van der Waals surface area contributed by atoms with E-state index in [1.807, 2.05) is 11.8 Å². The van der Waals surface area contributed by atoms with Crippen LogP contribution in [0.1, 0.15) is 16.8 Å². The molecular weight excluding hydrogens is 248 g/mol. The van der Waals surface area contributed by atoms with E-state index < -0.39 is 0 Å². The van der Waals surface area contributed by atoms with Crippen LogP contribution in [0.15, 0.2) is 24.3 Å². The highest BCUT2D eigenvalue weighted by Crippen LogP contribution is 2.30. The predicted octanol–water partition coefficient (Wildman–Crippen LogP) is 3.86. The number of aromatic nitrogens is 2. The number of H-pyrrole nitrogens is 1. The van der Waals surface area contributed by atoms with Crippen molar-refractivity contribution in [2.75, 3.05) is 0 Å². The Hall–Kier alpha value is -1.13. The van der Waals surface area contributed by atoms with Gasteiger partial charge in [0.15, 0.2) is 0 Å². The standard InChI is InChI=1S/C13H12N2S2/c1-8-2-4-9(5-3-8)12-14-11-7-17-6-10(11)13(16)15-12/h2-5H,6-7H2,1H3,(H,14,15,16). The molecule has 0 unspecified atom stereocenters. The molecule has 3 rings (SSSR count). The smallest absolute Gasteiger partial charge is 0.139 e. The van der Waals surface area contributed by atoms with Gasteiger partial charge in [-0.1, -0.05) is 42.0 Å². The van der Waals surface area contributed by atoms with Gasteiger partial charge in [0.25, 0.3) is 0 Å². The summed E-state index contributed by atoms with van der Waals surface area (Å²) in [4.78, 5) is 7.89. The molecule has 1 N–H and O–H groups in total. The van der Waals surface area contributed by atoms with Crippen molar-refractivity contribution >= 4 is 24.0 Å². The van der Waals surface area contributed by atoms with E-state index >= 15 is 0 Å². The van der Waals surface area contributed by atoms with E-state index in [4.69, 9.17) is 12.2 Å². The second kappa shape index (κ2) is 4.27. The fourth-order valence-electron chi connectivity index (χ4n) is 1.92. The van der Waals surface area contributed by atoms with Crippen molar-refractivity contribution in [2.24, 2.45) is 0 Å². The van der Waals surface area contributed by atoms with Crippen molar-refractivity contribution in [1.29, 1.82) is 0 Å². The van der Waals surface area contributed by atoms with Gasteiger partial charge >= 0.3 is 0 Å². The molecular formula is C13H12N2S2. The van der Waals surface area contributed by atoms with Crippen molar-refractivity contribution in [3.05, 3.63) is 45.7 Å². The summed E-state index contributed by atoms with van der Waals surface area (Å²) in [5, 5.41) is 0. The Balaban J connectivity index is 2.13. The molecule has 86 valence electrons. The van der Waals surface area contributed by atoms with E-state index in [0.717, 1.165) is 27.5 Å². The fourth-order valence-corrected chi connectivity index (χ4v) is 3.37. The first-order valence-corrected chi connectivity index (χ1v) is 7.07. The van der Waals surface area contributed by atoms with E-state index in [2.05, 4.69) is 41.2 Å². The maximum Gasteiger partial charge on any atom is 0.139 e. The molecule has 0 bridgehead atoms. The third-order valence-electron chi connectivity index (χ3n) is 2.92. The van der Waals surface area contributed by atoms with E-state index in [9.17, 15) is 0 Å². The molecule has 2 nitrogen and oxygen atoms in total. The van der Waals surface area contributed by atoms with Crippen molar-refractivity contribution in [2.45, 2.75) is 18.4 Å². The minimum Gasteiger partial charge on any atom is -0.342 e. The van der Waals surface area contributed by atoms with Crippen molar-refractivity contribution in [3.63, 3.8) is 0 Å². The topological polar surface area (TPSA) is 28.7 Å². The average molecular weight is 260 g/mol. The third-order valence-corrected chi connectivity index (χ3v) is 4.25. The van der Waals surface area contributed by atoms with Gasteiger partial charge in [0.1, 0.15) is 10.5 Å². The van der Waals surface area contributed by atoms with E-state index in [-0.39, 0.29) is 0 Å². The highest BCUT2D eigenvalue weighted by atomic mass is 32.2. The predicted molar refractivity (Wildman–Crippen MR) is 74.6 cm³/mol. The van der Waals surface area contributed by atoms with Crippen LogP contribution in [0.25, 0.3) is 11.4 Å². The first-order chi connectivity index (χ1) is 8.24. The first kappa shape index (κ1) is 11.0. The van der Waals surface area contributed by atoms with Gasteiger partial charge < -0.3 is 4.98 Å². The monoisotopic (exact) mass is 260 g/mol. The number of benzene rings is 1. The first-order valence-electron chi connectivity index (χ1n) is 5.51. The zero-order chi connectivity index (χ0) is 11.8. The van der Waals surface area contributed by atoms with E-state index in [1.165, 1.54) is 16.8 Å². The summed E-state index contributed by atoms with van der Waals surface area (Å²) >= 11 is 7.23. The third kappa shape index (κ3) is 2.03. The van der Waals surface area contributed by atoms with Gasteiger partial charge in [0, 0.05) is 28.3 Å². The summed E-state index contributed by atoms with van der Waals surface area (Å²) in [6, 6.07) is 8.35. The Morgan fingerprint density at radius 2 is 2.00 bits per heavy atom. The maximum atomic E-state index is 5.35. The van der Waals surface area contributed by atoms with Crippen molar-refractivity contribution in [3.8, 4) is 11.4 Å². The summed E-state index contributed by atoms with van der Waals surface area (Å²) in [7, 11) is 0. The lowest BCUT2D eigenvalue weighted by molar-refractivity contribution is 1.06. The van der Waals surface area contributed by atoms with Crippen molar-refractivity contribution in [1.82, 2.24) is 9.97 Å². The quantitative estimate of drug-likeness (QED) is 0.789. The number of thioether (sulfide) groups is 1. The molecule has 1 aromatic carbocycles. The molecule has 0 radical (unpaired) electrons. The lowest BCUT2D eigenvalue weighted by Crippen LogP contribution is -1.97. The van der Waals surface area contributed by atoms with Crippen LogP contribution in [0.3, 0.4) is 0 Å². The molecule has 1 aromatic heterocycles. The van der Waals surface area contributed by atoms with Crippen LogP contribution in [0.4, 0.5) is 0 Å². The number of nitrogens with zero attached hydrogens (tertiary/aromatic N) is 1. The maximum absolute atomic E-state index is 5.35. The molecule has 0 aliphatic carbocycles. The molecule has 2 aromatic rings. The SMILES string of the molecule is Cc1ccc(-c2nc(=S)c3c([nH]2)CSC3)cc1. The van der Waals surface area contributed by atoms with Gasteiger partial charge in [-0.25, -0.2) is 4.98 Å². The molecule has 0 saturated carbocycles. The van der Waals surface area contributed by atoms with Crippen LogP contribution in [0, 0.1) is 11.6 Å². The summed E-state index contributed by atoms with van der Waals surface area (Å²) < 4.78 is 0.749. The minimum atomic E-state index is 0.749. The number of fused-ring (bicyclic) bond motifs is 1. The second-order valence-electron chi connectivity index (χ2n) is 4.21. The molecule has 0 amide bonds. The normalized spacial score (nSPS) is 13.7. The van der Waals surface area contributed by atoms with Gasteiger partial charge in [-0.05, 0) is 6.92 Å². The van der Waals surface area contributed by atoms with E-state index in [0.29, 0.717) is 0 Å². The Morgan fingerprint density at radius 1 is 1.24 bits per heavy atom. The Bertz CT molecular complexity index is 614. The van der Waals surface area contributed by atoms with Crippen LogP contribution < -0.4 is 0 Å². The molecule has 2 heterocycles. The molecule has 1 aliphatic rings. The van der Waals surface area contributed by atoms with Crippen LogP contribution in [-0.2, 0) is 11.5 Å². The van der Waals surface area contributed by atoms with Gasteiger partial charge in [-0.3, -0.25) is 0 Å². The second-order valence-corrected chi connectivity index (χ2v) is 5.58. The number of hydrogen-bond donors (Lipinski definition) is 1. The number of aromatic amines is 1. The van der Waals surface area contributed by atoms with Gasteiger partial charge in [0.2, 0.25) is 0 Å². The molecule has 4 heteroatoms. The zero-order valence-corrected chi connectivity index (χ0v) is 11.1.